The van der Waals surface area contributed by atoms with Gasteiger partial charge in [-0.1, -0.05) is 6.07 Å². The Balaban J connectivity index is 1.98. The number of nitrogens with one attached hydrogen (secondary N) is 1. The molecule has 2 rings (SSSR count). The summed E-state index contributed by atoms with van der Waals surface area (Å²) in [6.07, 6.45) is 3.88. The predicted molar refractivity (Wildman–Crippen MR) is 77.6 cm³/mol. The highest BCUT2D eigenvalue weighted by Gasteiger charge is 2.20. The van der Waals surface area contributed by atoms with Gasteiger partial charge in [-0.3, -0.25) is 0 Å². The average Bonchev–Trinajstić information content (AvgIpc) is 2.43. The molecular weight excluding hydrogens is 264 g/mol. The first kappa shape index (κ1) is 14.8. The second-order valence-electron chi connectivity index (χ2n) is 5.18. The molecule has 4 heteroatoms. The standard InChI is InChI=1S/C15H21F2NS/c1-18-12(9-11-5-7-19-8-6-11)10-13-14(16)3-2-4-15(13)17/h2-4,11-12,18H,5-10H2,1H3. The van der Waals surface area contributed by atoms with Crippen LogP contribution < -0.4 is 5.32 Å². The first-order chi connectivity index (χ1) is 9.20. The highest BCUT2D eigenvalue weighted by atomic mass is 32.2. The summed E-state index contributed by atoms with van der Waals surface area (Å²) in [5, 5.41) is 3.21. The summed E-state index contributed by atoms with van der Waals surface area (Å²) in [5.41, 5.74) is 0.215. The van der Waals surface area contributed by atoms with Gasteiger partial charge in [0.15, 0.2) is 0 Å². The summed E-state index contributed by atoms with van der Waals surface area (Å²) in [5.74, 6) is 2.26. The lowest BCUT2D eigenvalue weighted by molar-refractivity contribution is 0.370. The van der Waals surface area contributed by atoms with Gasteiger partial charge in [0.25, 0.3) is 0 Å². The minimum absolute atomic E-state index is 0.152. The highest BCUT2D eigenvalue weighted by Crippen LogP contribution is 2.27. The van der Waals surface area contributed by atoms with E-state index in [1.165, 1.54) is 42.5 Å². The maximum Gasteiger partial charge on any atom is 0.129 e. The summed E-state index contributed by atoms with van der Waals surface area (Å²) < 4.78 is 27.3. The third-order valence-corrected chi connectivity index (χ3v) is 4.93. The SMILES string of the molecule is CNC(Cc1c(F)cccc1F)CC1CCSCC1. The van der Waals surface area contributed by atoms with Crippen molar-refractivity contribution in [1.82, 2.24) is 5.32 Å². The Morgan fingerprint density at radius 3 is 2.47 bits per heavy atom. The lowest BCUT2D eigenvalue weighted by Crippen LogP contribution is -2.31. The molecule has 1 N–H and O–H groups in total. The Hall–Kier alpha value is -0.610. The Morgan fingerprint density at radius 1 is 1.26 bits per heavy atom. The van der Waals surface area contributed by atoms with E-state index in [-0.39, 0.29) is 11.6 Å². The monoisotopic (exact) mass is 285 g/mol. The van der Waals surface area contributed by atoms with Gasteiger partial charge >= 0.3 is 0 Å². The zero-order valence-electron chi connectivity index (χ0n) is 11.3. The van der Waals surface area contributed by atoms with Gasteiger partial charge in [0.05, 0.1) is 0 Å². The fourth-order valence-corrected chi connectivity index (χ4v) is 3.87. The van der Waals surface area contributed by atoms with Gasteiger partial charge in [-0.05, 0) is 62.3 Å². The zero-order valence-corrected chi connectivity index (χ0v) is 12.1. The summed E-state index contributed by atoms with van der Waals surface area (Å²) in [6.45, 7) is 0. The Labute approximate surface area is 118 Å². The lowest BCUT2D eigenvalue weighted by Gasteiger charge is -2.26. The van der Waals surface area contributed by atoms with Crippen LogP contribution in [0.5, 0.6) is 0 Å². The van der Waals surface area contributed by atoms with Crippen LogP contribution in [0.1, 0.15) is 24.8 Å². The van der Waals surface area contributed by atoms with E-state index in [1.54, 1.807) is 0 Å². The summed E-state index contributed by atoms with van der Waals surface area (Å²) in [4.78, 5) is 0. The molecule has 0 aliphatic carbocycles. The molecule has 0 bridgehead atoms. The van der Waals surface area contributed by atoms with Gasteiger partial charge in [-0.15, -0.1) is 0 Å². The van der Waals surface area contributed by atoms with Crippen molar-refractivity contribution in [2.24, 2.45) is 5.92 Å². The van der Waals surface area contributed by atoms with Crippen LogP contribution in [0.3, 0.4) is 0 Å². The average molecular weight is 285 g/mol. The Kier molecular flexibility index (Phi) is 5.64. The molecule has 1 aliphatic rings. The minimum Gasteiger partial charge on any atom is -0.317 e. The van der Waals surface area contributed by atoms with Gasteiger partial charge in [-0.25, -0.2) is 8.78 Å². The molecule has 1 nitrogen and oxygen atoms in total. The van der Waals surface area contributed by atoms with Crippen LogP contribution in [0.4, 0.5) is 8.78 Å². The fourth-order valence-electron chi connectivity index (χ4n) is 2.66. The molecule has 1 saturated heterocycles. The number of likely N-dealkylation sites (N-methyl/N-ethyl adjacent to an activating group) is 1. The van der Waals surface area contributed by atoms with Crippen LogP contribution in [0.15, 0.2) is 18.2 Å². The number of benzene rings is 1. The fraction of sp³-hybridized carbons (Fsp3) is 0.600. The molecule has 1 aromatic rings. The maximum atomic E-state index is 13.7. The van der Waals surface area contributed by atoms with Crippen LogP contribution in [0, 0.1) is 17.6 Å². The molecule has 0 aromatic heterocycles. The number of halogens is 2. The van der Waals surface area contributed by atoms with Crippen molar-refractivity contribution >= 4 is 11.8 Å². The topological polar surface area (TPSA) is 12.0 Å². The van der Waals surface area contributed by atoms with Crippen LogP contribution in [0.2, 0.25) is 0 Å². The minimum atomic E-state index is -0.431. The second-order valence-corrected chi connectivity index (χ2v) is 6.41. The molecular formula is C15H21F2NS. The first-order valence-electron chi connectivity index (χ1n) is 6.88. The Morgan fingerprint density at radius 2 is 1.89 bits per heavy atom. The number of thioether (sulfide) groups is 1. The van der Waals surface area contributed by atoms with E-state index in [9.17, 15) is 8.78 Å². The molecule has 1 atom stereocenters. The predicted octanol–water partition coefficient (Wildman–Crippen LogP) is 3.63. The van der Waals surface area contributed by atoms with E-state index in [4.69, 9.17) is 0 Å². The summed E-state index contributed by atoms with van der Waals surface area (Å²) in [6, 6.07) is 4.24. The maximum absolute atomic E-state index is 13.7. The van der Waals surface area contributed by atoms with Crippen molar-refractivity contribution in [3.8, 4) is 0 Å². The smallest absolute Gasteiger partial charge is 0.129 e. The van der Waals surface area contributed by atoms with Crippen molar-refractivity contribution in [2.75, 3.05) is 18.6 Å². The van der Waals surface area contributed by atoms with E-state index in [0.29, 0.717) is 12.3 Å². The molecule has 0 spiro atoms. The van der Waals surface area contributed by atoms with Crippen molar-refractivity contribution < 1.29 is 8.78 Å². The molecule has 0 saturated carbocycles. The van der Waals surface area contributed by atoms with Gasteiger partial charge in [0.1, 0.15) is 11.6 Å². The van der Waals surface area contributed by atoms with Crippen molar-refractivity contribution in [2.45, 2.75) is 31.7 Å². The molecule has 0 amide bonds. The molecule has 106 valence electrons. The molecule has 1 unspecified atom stereocenters. The van der Waals surface area contributed by atoms with Gasteiger partial charge in [-0.2, -0.15) is 11.8 Å². The molecule has 1 fully saturated rings. The van der Waals surface area contributed by atoms with Gasteiger partial charge in [0, 0.05) is 11.6 Å². The van der Waals surface area contributed by atoms with Crippen LogP contribution in [0.25, 0.3) is 0 Å². The highest BCUT2D eigenvalue weighted by molar-refractivity contribution is 7.99. The third kappa shape index (κ3) is 4.18. The Bertz CT molecular complexity index is 385. The van der Waals surface area contributed by atoms with Crippen LogP contribution in [-0.4, -0.2) is 24.6 Å². The van der Waals surface area contributed by atoms with Crippen LogP contribution in [-0.2, 0) is 6.42 Å². The van der Waals surface area contributed by atoms with E-state index in [1.807, 2.05) is 18.8 Å². The summed E-state index contributed by atoms with van der Waals surface area (Å²) >= 11 is 2.00. The van der Waals surface area contributed by atoms with Gasteiger partial charge < -0.3 is 5.32 Å². The molecule has 0 radical (unpaired) electrons. The van der Waals surface area contributed by atoms with Gasteiger partial charge in [0.2, 0.25) is 0 Å². The molecule has 19 heavy (non-hydrogen) atoms. The molecule has 1 aromatic carbocycles. The second kappa shape index (κ2) is 7.25. The quantitative estimate of drug-likeness (QED) is 0.886. The third-order valence-electron chi connectivity index (χ3n) is 3.88. The molecule has 1 aliphatic heterocycles. The molecule has 1 heterocycles. The number of rotatable bonds is 5. The largest absolute Gasteiger partial charge is 0.317 e. The van der Waals surface area contributed by atoms with Crippen molar-refractivity contribution in [3.05, 3.63) is 35.4 Å². The first-order valence-corrected chi connectivity index (χ1v) is 8.04. The number of hydrogen-bond acceptors (Lipinski definition) is 2. The van der Waals surface area contributed by atoms with Crippen LogP contribution >= 0.6 is 11.8 Å². The lowest BCUT2D eigenvalue weighted by atomic mass is 9.91. The van der Waals surface area contributed by atoms with Crippen molar-refractivity contribution in [1.29, 1.82) is 0 Å². The van der Waals surface area contributed by atoms with E-state index >= 15 is 0 Å². The van der Waals surface area contributed by atoms with E-state index < -0.39 is 11.6 Å². The zero-order chi connectivity index (χ0) is 13.7. The van der Waals surface area contributed by atoms with E-state index in [0.717, 1.165) is 6.42 Å². The van der Waals surface area contributed by atoms with E-state index in [2.05, 4.69) is 5.32 Å². The van der Waals surface area contributed by atoms with Crippen molar-refractivity contribution in [3.63, 3.8) is 0 Å². The summed E-state index contributed by atoms with van der Waals surface area (Å²) in [7, 11) is 1.88. The number of hydrogen-bond donors (Lipinski definition) is 1. The normalized spacial score (nSPS) is 18.5.